The molecule has 0 radical (unpaired) electrons. The van der Waals surface area contributed by atoms with Crippen molar-refractivity contribution in [3.8, 4) is 0 Å². The van der Waals surface area contributed by atoms with Crippen molar-refractivity contribution in [2.75, 3.05) is 18.0 Å². The van der Waals surface area contributed by atoms with Gasteiger partial charge < -0.3 is 10.2 Å². The number of hydrogen-bond donors (Lipinski definition) is 1. The van der Waals surface area contributed by atoms with Crippen LogP contribution in [0.4, 0.5) is 5.69 Å². The van der Waals surface area contributed by atoms with Crippen LogP contribution in [0.2, 0.25) is 10.0 Å². The van der Waals surface area contributed by atoms with Crippen molar-refractivity contribution >= 4 is 40.6 Å². The number of carbonyl (C=O) groups excluding carboxylic acids is 1. The number of carbonyl (C=O) groups is 1. The fourth-order valence-electron chi connectivity index (χ4n) is 3.11. The van der Waals surface area contributed by atoms with Gasteiger partial charge >= 0.3 is 0 Å². The Morgan fingerprint density at radius 1 is 1.35 bits per heavy atom. The Kier molecular flexibility index (Phi) is 4.65. The van der Waals surface area contributed by atoms with E-state index in [1.807, 2.05) is 12.1 Å². The van der Waals surface area contributed by atoms with Crippen LogP contribution in [0, 0.1) is 0 Å². The molecule has 1 amide bonds. The molecule has 1 fully saturated rings. The second kappa shape index (κ2) is 7.09. The Bertz CT molecular complexity index is 926. The quantitative estimate of drug-likeness (QED) is 0.739. The zero-order chi connectivity index (χ0) is 18.1. The van der Waals surface area contributed by atoms with E-state index >= 15 is 0 Å². The van der Waals surface area contributed by atoms with E-state index in [1.165, 1.54) is 0 Å². The molecule has 4 rings (SSSR count). The molecule has 2 aromatic heterocycles. The number of halogens is 2. The Balaban J connectivity index is 1.36. The van der Waals surface area contributed by atoms with Gasteiger partial charge in [0.25, 0.3) is 5.78 Å². The van der Waals surface area contributed by atoms with Gasteiger partial charge in [0.05, 0.1) is 17.1 Å². The average molecular weight is 391 g/mol. The second-order valence-corrected chi connectivity index (χ2v) is 7.01. The van der Waals surface area contributed by atoms with Gasteiger partial charge in [-0.15, -0.1) is 5.10 Å². The highest BCUT2D eigenvalue weighted by molar-refractivity contribution is 6.36. The summed E-state index contributed by atoms with van der Waals surface area (Å²) in [6.45, 7) is 1.52. The first-order valence-corrected chi connectivity index (χ1v) is 9.00. The number of anilines is 1. The van der Waals surface area contributed by atoms with Gasteiger partial charge in [0.2, 0.25) is 5.91 Å². The number of nitrogens with zero attached hydrogens (tertiary/aromatic N) is 5. The van der Waals surface area contributed by atoms with Crippen LogP contribution in [-0.2, 0) is 11.2 Å². The largest absolute Gasteiger partial charge is 0.368 e. The Morgan fingerprint density at radius 3 is 3.04 bits per heavy atom. The number of rotatable bonds is 4. The Labute approximate surface area is 159 Å². The molecule has 134 valence electrons. The number of aromatic nitrogens is 4. The molecule has 0 unspecified atom stereocenters. The van der Waals surface area contributed by atoms with E-state index in [1.54, 1.807) is 29.0 Å². The molecule has 0 spiro atoms. The molecule has 7 nitrogen and oxygen atoms in total. The molecule has 0 bridgehead atoms. The first-order valence-electron chi connectivity index (χ1n) is 8.24. The number of fused-ring (bicyclic) bond motifs is 1. The monoisotopic (exact) mass is 390 g/mol. The van der Waals surface area contributed by atoms with Gasteiger partial charge in [-0.05, 0) is 30.7 Å². The van der Waals surface area contributed by atoms with Crippen LogP contribution in [0.25, 0.3) is 5.78 Å². The van der Waals surface area contributed by atoms with Gasteiger partial charge in [-0.1, -0.05) is 23.2 Å². The highest BCUT2D eigenvalue weighted by Crippen LogP contribution is 2.31. The molecule has 1 aromatic carbocycles. The number of benzene rings is 1. The van der Waals surface area contributed by atoms with Crippen molar-refractivity contribution < 1.29 is 4.79 Å². The average Bonchev–Trinajstić information content (AvgIpc) is 3.20. The summed E-state index contributed by atoms with van der Waals surface area (Å²) in [5.74, 6) is 0.839. The molecule has 0 saturated carbocycles. The summed E-state index contributed by atoms with van der Waals surface area (Å²) in [5.41, 5.74) is 0.931. The van der Waals surface area contributed by atoms with E-state index in [0.717, 1.165) is 18.7 Å². The normalized spacial score (nSPS) is 17.0. The molecule has 1 N–H and O–H groups in total. The highest BCUT2D eigenvalue weighted by Gasteiger charge is 2.25. The highest BCUT2D eigenvalue weighted by atomic mass is 35.5. The van der Waals surface area contributed by atoms with Gasteiger partial charge in [0.15, 0.2) is 5.82 Å². The Morgan fingerprint density at radius 2 is 2.23 bits per heavy atom. The van der Waals surface area contributed by atoms with Gasteiger partial charge in [-0.25, -0.2) is 9.50 Å². The third kappa shape index (κ3) is 3.59. The molecule has 26 heavy (non-hydrogen) atoms. The summed E-state index contributed by atoms with van der Waals surface area (Å²) in [6, 6.07) is 7.28. The van der Waals surface area contributed by atoms with Gasteiger partial charge in [-0.3, -0.25) is 4.79 Å². The minimum absolute atomic E-state index is 0.0596. The van der Waals surface area contributed by atoms with Crippen LogP contribution in [0.1, 0.15) is 12.2 Å². The first-order chi connectivity index (χ1) is 12.6. The fraction of sp³-hybridized carbons (Fsp3) is 0.294. The molecule has 1 aliphatic heterocycles. The fourth-order valence-corrected chi connectivity index (χ4v) is 3.64. The predicted octanol–water partition coefficient (Wildman–Crippen LogP) is 2.37. The minimum atomic E-state index is -0.102. The maximum Gasteiger partial charge on any atom is 0.252 e. The van der Waals surface area contributed by atoms with E-state index < -0.39 is 0 Å². The van der Waals surface area contributed by atoms with Crippen molar-refractivity contribution in [1.29, 1.82) is 0 Å². The maximum atomic E-state index is 12.3. The third-order valence-electron chi connectivity index (χ3n) is 4.28. The molecule has 3 aromatic rings. The summed E-state index contributed by atoms with van der Waals surface area (Å²) < 4.78 is 1.56. The predicted molar refractivity (Wildman–Crippen MR) is 99.7 cm³/mol. The van der Waals surface area contributed by atoms with E-state index in [2.05, 4.69) is 25.3 Å². The van der Waals surface area contributed by atoms with Crippen LogP contribution < -0.4 is 10.2 Å². The smallest absolute Gasteiger partial charge is 0.252 e. The standard InChI is InChI=1S/C17H16Cl2N6O/c18-11-2-3-14(13(19)8-11)24-7-4-12(10-24)21-16(26)9-15-22-17-20-5-1-6-25(17)23-15/h1-3,5-6,8,12H,4,7,9-10H2,(H,21,26)/t12-/m0/s1. The maximum absolute atomic E-state index is 12.3. The van der Waals surface area contributed by atoms with E-state index in [9.17, 15) is 4.79 Å². The number of hydrogen-bond acceptors (Lipinski definition) is 5. The van der Waals surface area contributed by atoms with Crippen molar-refractivity contribution in [3.05, 3.63) is 52.5 Å². The van der Waals surface area contributed by atoms with E-state index in [0.29, 0.717) is 28.2 Å². The molecule has 1 saturated heterocycles. The topological polar surface area (TPSA) is 75.4 Å². The lowest BCUT2D eigenvalue weighted by Crippen LogP contribution is -2.38. The van der Waals surface area contributed by atoms with Gasteiger partial charge in [0, 0.05) is 36.5 Å². The molecule has 1 aliphatic rings. The van der Waals surface area contributed by atoms with Gasteiger partial charge in [0.1, 0.15) is 0 Å². The van der Waals surface area contributed by atoms with Crippen LogP contribution in [0.5, 0.6) is 0 Å². The van der Waals surface area contributed by atoms with Crippen LogP contribution in [0.3, 0.4) is 0 Å². The lowest BCUT2D eigenvalue weighted by molar-refractivity contribution is -0.121. The molecule has 1 atom stereocenters. The van der Waals surface area contributed by atoms with E-state index in [-0.39, 0.29) is 18.4 Å². The Hall–Kier alpha value is -2.38. The van der Waals surface area contributed by atoms with Crippen molar-refractivity contribution in [1.82, 2.24) is 24.9 Å². The summed E-state index contributed by atoms with van der Waals surface area (Å²) in [5, 5.41) is 8.52. The number of nitrogens with one attached hydrogen (secondary N) is 1. The minimum Gasteiger partial charge on any atom is -0.368 e. The summed E-state index contributed by atoms with van der Waals surface area (Å²) in [7, 11) is 0. The third-order valence-corrected chi connectivity index (χ3v) is 4.82. The molecular weight excluding hydrogens is 375 g/mol. The van der Waals surface area contributed by atoms with Crippen LogP contribution >= 0.6 is 23.2 Å². The number of amides is 1. The SMILES string of the molecule is O=C(Cc1nc2ncccn2n1)N[C@H]1CCN(c2ccc(Cl)cc2Cl)C1. The van der Waals surface area contributed by atoms with E-state index in [4.69, 9.17) is 23.2 Å². The van der Waals surface area contributed by atoms with Crippen LogP contribution in [0.15, 0.2) is 36.7 Å². The van der Waals surface area contributed by atoms with Crippen molar-refractivity contribution in [3.63, 3.8) is 0 Å². The second-order valence-electron chi connectivity index (χ2n) is 6.16. The van der Waals surface area contributed by atoms with Crippen molar-refractivity contribution in [2.45, 2.75) is 18.9 Å². The van der Waals surface area contributed by atoms with Crippen LogP contribution in [-0.4, -0.2) is 44.6 Å². The molecule has 3 heterocycles. The van der Waals surface area contributed by atoms with Crippen molar-refractivity contribution in [2.24, 2.45) is 0 Å². The summed E-state index contributed by atoms with van der Waals surface area (Å²) >= 11 is 12.2. The zero-order valence-electron chi connectivity index (χ0n) is 13.8. The lowest BCUT2D eigenvalue weighted by Gasteiger charge is -2.20. The summed E-state index contributed by atoms with van der Waals surface area (Å²) in [4.78, 5) is 22.8. The first kappa shape index (κ1) is 17.1. The molecule has 0 aliphatic carbocycles. The zero-order valence-corrected chi connectivity index (χ0v) is 15.3. The molecular formula is C17H16Cl2N6O. The summed E-state index contributed by atoms with van der Waals surface area (Å²) in [6.07, 6.45) is 4.37. The lowest BCUT2D eigenvalue weighted by atomic mass is 10.2. The van der Waals surface area contributed by atoms with Gasteiger partial charge in [-0.2, -0.15) is 4.98 Å². The molecule has 9 heteroatoms.